The summed E-state index contributed by atoms with van der Waals surface area (Å²) in [5.41, 5.74) is 2.62. The first-order valence-corrected chi connectivity index (χ1v) is 5.54. The topological polar surface area (TPSA) is 66.0 Å². The van der Waals surface area contributed by atoms with Crippen LogP contribution >= 0.6 is 11.6 Å². The number of aryl methyl sites for hydroxylation is 1. The Labute approximate surface area is 103 Å². The van der Waals surface area contributed by atoms with Crippen LogP contribution in [0, 0.1) is 0 Å². The monoisotopic (exact) mass is 250 g/mol. The maximum absolute atomic E-state index is 10.5. The average Bonchev–Trinajstić information content (AvgIpc) is 2.74. The Morgan fingerprint density at radius 2 is 2.29 bits per heavy atom. The van der Waals surface area contributed by atoms with Gasteiger partial charge in [0.15, 0.2) is 0 Å². The number of nitrogens with one attached hydrogen (secondary N) is 1. The van der Waals surface area contributed by atoms with Gasteiger partial charge < -0.3 is 5.11 Å². The molecule has 0 radical (unpaired) electrons. The molecule has 88 valence electrons. The lowest BCUT2D eigenvalue weighted by Crippen LogP contribution is -1.97. The summed E-state index contributed by atoms with van der Waals surface area (Å²) in [6.07, 6.45) is 2.19. The molecule has 0 bridgehead atoms. The predicted octanol–water partition coefficient (Wildman–Crippen LogP) is 2.75. The van der Waals surface area contributed by atoms with Crippen LogP contribution in [0.1, 0.15) is 12.0 Å². The highest BCUT2D eigenvalue weighted by Crippen LogP contribution is 2.24. The maximum atomic E-state index is 10.5. The molecule has 0 aliphatic carbocycles. The minimum Gasteiger partial charge on any atom is -0.481 e. The van der Waals surface area contributed by atoms with Crippen molar-refractivity contribution >= 4 is 17.6 Å². The van der Waals surface area contributed by atoms with Crippen molar-refractivity contribution in [3.8, 4) is 11.3 Å². The Morgan fingerprint density at radius 3 is 3.00 bits per heavy atom. The zero-order valence-electron chi connectivity index (χ0n) is 8.98. The van der Waals surface area contributed by atoms with Crippen LogP contribution in [0.25, 0.3) is 11.3 Å². The fourth-order valence-electron chi connectivity index (χ4n) is 1.64. The molecule has 1 heterocycles. The zero-order valence-corrected chi connectivity index (χ0v) is 9.74. The van der Waals surface area contributed by atoms with Crippen molar-refractivity contribution in [2.75, 3.05) is 0 Å². The lowest BCUT2D eigenvalue weighted by molar-refractivity contribution is -0.136. The fraction of sp³-hybridized carbons (Fsp3) is 0.167. The molecule has 1 aromatic heterocycles. The summed E-state index contributed by atoms with van der Waals surface area (Å²) < 4.78 is 0. The van der Waals surface area contributed by atoms with Gasteiger partial charge in [-0.3, -0.25) is 9.89 Å². The molecule has 0 atom stereocenters. The molecule has 0 fully saturated rings. The molecular weight excluding hydrogens is 240 g/mol. The molecule has 0 amide bonds. The summed E-state index contributed by atoms with van der Waals surface area (Å²) in [5, 5.41) is 16.1. The third-order valence-corrected chi connectivity index (χ3v) is 2.67. The molecule has 2 rings (SSSR count). The molecule has 2 aromatic rings. The largest absolute Gasteiger partial charge is 0.481 e. The van der Waals surface area contributed by atoms with E-state index in [1.807, 2.05) is 18.2 Å². The Morgan fingerprint density at radius 1 is 1.47 bits per heavy atom. The van der Waals surface area contributed by atoms with Gasteiger partial charge in [-0.2, -0.15) is 5.10 Å². The number of halogens is 1. The van der Waals surface area contributed by atoms with Crippen LogP contribution in [0.5, 0.6) is 0 Å². The molecule has 2 N–H and O–H groups in total. The fourth-order valence-corrected chi connectivity index (χ4v) is 1.83. The van der Waals surface area contributed by atoms with Gasteiger partial charge in [0.05, 0.1) is 11.9 Å². The molecular formula is C12H11ClN2O2. The molecule has 17 heavy (non-hydrogen) atoms. The van der Waals surface area contributed by atoms with Crippen molar-refractivity contribution in [2.45, 2.75) is 12.8 Å². The number of hydrogen-bond acceptors (Lipinski definition) is 2. The molecule has 0 saturated carbocycles. The summed E-state index contributed by atoms with van der Waals surface area (Å²) in [4.78, 5) is 10.5. The van der Waals surface area contributed by atoms with Crippen LogP contribution in [0.4, 0.5) is 0 Å². The number of aromatic amines is 1. The lowest BCUT2D eigenvalue weighted by Gasteiger charge is -2.02. The average molecular weight is 251 g/mol. The first-order chi connectivity index (χ1) is 8.16. The second-order valence-electron chi connectivity index (χ2n) is 3.67. The summed E-state index contributed by atoms with van der Waals surface area (Å²) in [6.45, 7) is 0. The Kier molecular flexibility index (Phi) is 3.44. The van der Waals surface area contributed by atoms with Crippen LogP contribution in [-0.2, 0) is 11.2 Å². The zero-order chi connectivity index (χ0) is 12.3. The Bertz CT molecular complexity index is 537. The molecule has 0 aliphatic rings. The Balaban J connectivity index is 2.27. The van der Waals surface area contributed by atoms with Crippen molar-refractivity contribution in [3.63, 3.8) is 0 Å². The third kappa shape index (κ3) is 2.85. The van der Waals surface area contributed by atoms with Gasteiger partial charge in [0.2, 0.25) is 0 Å². The highest BCUT2D eigenvalue weighted by molar-refractivity contribution is 6.30. The van der Waals surface area contributed by atoms with E-state index in [2.05, 4.69) is 10.2 Å². The van der Waals surface area contributed by atoms with E-state index in [1.54, 1.807) is 12.3 Å². The SMILES string of the molecule is O=C(O)CCc1cn[nH]c1-c1cccc(Cl)c1. The van der Waals surface area contributed by atoms with Crippen LogP contribution in [-0.4, -0.2) is 21.3 Å². The van der Waals surface area contributed by atoms with Gasteiger partial charge in [-0.15, -0.1) is 0 Å². The van der Waals surface area contributed by atoms with E-state index in [0.717, 1.165) is 16.8 Å². The molecule has 0 saturated heterocycles. The molecule has 4 nitrogen and oxygen atoms in total. The minimum atomic E-state index is -0.816. The number of H-pyrrole nitrogens is 1. The summed E-state index contributed by atoms with van der Waals surface area (Å²) in [5.74, 6) is -0.816. The summed E-state index contributed by atoms with van der Waals surface area (Å²) in [7, 11) is 0. The van der Waals surface area contributed by atoms with Gasteiger partial charge in [-0.05, 0) is 24.1 Å². The quantitative estimate of drug-likeness (QED) is 0.877. The standard InChI is InChI=1S/C12H11ClN2O2/c13-10-3-1-2-8(6-10)12-9(7-14-15-12)4-5-11(16)17/h1-3,6-7H,4-5H2,(H,14,15)(H,16,17). The molecule has 0 aliphatic heterocycles. The number of aromatic nitrogens is 2. The van der Waals surface area contributed by atoms with Crippen LogP contribution in [0.15, 0.2) is 30.5 Å². The highest BCUT2D eigenvalue weighted by atomic mass is 35.5. The first-order valence-electron chi connectivity index (χ1n) is 5.17. The van der Waals surface area contributed by atoms with Crippen molar-refractivity contribution in [1.82, 2.24) is 10.2 Å². The molecule has 0 unspecified atom stereocenters. The van der Waals surface area contributed by atoms with E-state index in [-0.39, 0.29) is 6.42 Å². The number of aliphatic carboxylic acids is 1. The number of carboxylic acids is 1. The number of carboxylic acid groups (broad SMARTS) is 1. The third-order valence-electron chi connectivity index (χ3n) is 2.44. The van der Waals surface area contributed by atoms with E-state index in [9.17, 15) is 4.79 Å². The number of hydrogen-bond donors (Lipinski definition) is 2. The van der Waals surface area contributed by atoms with Crippen molar-refractivity contribution in [2.24, 2.45) is 0 Å². The highest BCUT2D eigenvalue weighted by Gasteiger charge is 2.09. The normalized spacial score (nSPS) is 10.4. The number of benzene rings is 1. The van der Waals surface area contributed by atoms with E-state index in [4.69, 9.17) is 16.7 Å². The van der Waals surface area contributed by atoms with Gasteiger partial charge in [0.1, 0.15) is 0 Å². The van der Waals surface area contributed by atoms with E-state index in [1.165, 1.54) is 0 Å². The molecule has 1 aromatic carbocycles. The molecule has 5 heteroatoms. The van der Waals surface area contributed by atoms with E-state index in [0.29, 0.717) is 11.4 Å². The van der Waals surface area contributed by atoms with Gasteiger partial charge in [-0.1, -0.05) is 23.7 Å². The van der Waals surface area contributed by atoms with E-state index < -0.39 is 5.97 Å². The van der Waals surface area contributed by atoms with Gasteiger partial charge in [-0.25, -0.2) is 0 Å². The summed E-state index contributed by atoms with van der Waals surface area (Å²) in [6, 6.07) is 7.36. The van der Waals surface area contributed by atoms with Crippen molar-refractivity contribution < 1.29 is 9.90 Å². The second kappa shape index (κ2) is 5.01. The van der Waals surface area contributed by atoms with Crippen molar-refractivity contribution in [3.05, 3.63) is 41.0 Å². The predicted molar refractivity (Wildman–Crippen MR) is 65.0 cm³/mol. The van der Waals surface area contributed by atoms with Gasteiger partial charge in [0, 0.05) is 17.0 Å². The number of nitrogens with zero attached hydrogens (tertiary/aromatic N) is 1. The second-order valence-corrected chi connectivity index (χ2v) is 4.11. The number of carbonyl (C=O) groups is 1. The molecule has 0 spiro atoms. The maximum Gasteiger partial charge on any atom is 0.303 e. The van der Waals surface area contributed by atoms with Gasteiger partial charge >= 0.3 is 5.97 Å². The lowest BCUT2D eigenvalue weighted by atomic mass is 10.0. The van der Waals surface area contributed by atoms with Crippen LogP contribution in [0.2, 0.25) is 5.02 Å². The first kappa shape index (κ1) is 11.7. The van der Waals surface area contributed by atoms with Gasteiger partial charge in [0.25, 0.3) is 0 Å². The summed E-state index contributed by atoms with van der Waals surface area (Å²) >= 11 is 5.91. The number of rotatable bonds is 4. The minimum absolute atomic E-state index is 0.0904. The van der Waals surface area contributed by atoms with E-state index >= 15 is 0 Å². The Hall–Kier alpha value is -1.81. The van der Waals surface area contributed by atoms with Crippen LogP contribution in [0.3, 0.4) is 0 Å². The smallest absolute Gasteiger partial charge is 0.303 e. The van der Waals surface area contributed by atoms with Crippen LogP contribution < -0.4 is 0 Å². The van der Waals surface area contributed by atoms with Crippen molar-refractivity contribution in [1.29, 1.82) is 0 Å².